The number of rotatable bonds is 2. The van der Waals surface area contributed by atoms with Crippen molar-refractivity contribution < 1.29 is 4.79 Å². The molecule has 1 aromatic carbocycles. The van der Waals surface area contributed by atoms with E-state index in [9.17, 15) is 4.79 Å². The van der Waals surface area contributed by atoms with Crippen molar-refractivity contribution in [3.05, 3.63) is 46.8 Å². The molecule has 2 heterocycles. The molecule has 21 heavy (non-hydrogen) atoms. The maximum atomic E-state index is 12.7. The first kappa shape index (κ1) is 14.3. The van der Waals surface area contributed by atoms with Crippen LogP contribution < -0.4 is 0 Å². The summed E-state index contributed by atoms with van der Waals surface area (Å²) in [5.74, 6) is 0.206. The third kappa shape index (κ3) is 2.88. The summed E-state index contributed by atoms with van der Waals surface area (Å²) in [4.78, 5) is 16.9. The molecular formula is C18H21NOS. The van der Waals surface area contributed by atoms with Gasteiger partial charge in [-0.25, -0.2) is 0 Å². The van der Waals surface area contributed by atoms with E-state index < -0.39 is 0 Å². The number of hydrogen-bond acceptors (Lipinski definition) is 2. The van der Waals surface area contributed by atoms with Gasteiger partial charge in [-0.05, 0) is 50.3 Å². The topological polar surface area (TPSA) is 20.3 Å². The zero-order valence-corrected chi connectivity index (χ0v) is 13.5. The lowest BCUT2D eigenvalue weighted by Crippen LogP contribution is -2.41. The zero-order valence-electron chi connectivity index (χ0n) is 12.6. The number of aryl methyl sites for hydroxylation is 1. The number of thiophene rings is 1. The summed E-state index contributed by atoms with van der Waals surface area (Å²) in [6.07, 6.45) is 3.50. The Labute approximate surface area is 130 Å². The van der Waals surface area contributed by atoms with Gasteiger partial charge < -0.3 is 4.90 Å². The lowest BCUT2D eigenvalue weighted by Gasteiger charge is -2.33. The molecule has 0 unspecified atom stereocenters. The van der Waals surface area contributed by atoms with Crippen LogP contribution in [0, 0.1) is 6.92 Å². The quantitative estimate of drug-likeness (QED) is 0.784. The molecule has 0 bridgehead atoms. The fraction of sp³-hybridized carbons (Fsp3) is 0.389. The minimum atomic E-state index is 0.206. The third-order valence-electron chi connectivity index (χ3n) is 4.23. The summed E-state index contributed by atoms with van der Waals surface area (Å²) < 4.78 is 0. The largest absolute Gasteiger partial charge is 0.335 e. The summed E-state index contributed by atoms with van der Waals surface area (Å²) in [7, 11) is 0. The molecular weight excluding hydrogens is 278 g/mol. The maximum absolute atomic E-state index is 12.7. The van der Waals surface area contributed by atoms with Crippen LogP contribution in [0.1, 0.15) is 41.4 Å². The summed E-state index contributed by atoms with van der Waals surface area (Å²) in [6.45, 7) is 5.16. The van der Waals surface area contributed by atoms with Gasteiger partial charge in [0.15, 0.2) is 0 Å². The molecule has 1 amide bonds. The van der Waals surface area contributed by atoms with Crippen molar-refractivity contribution >= 4 is 17.2 Å². The van der Waals surface area contributed by atoms with Crippen molar-refractivity contribution in [1.82, 2.24) is 4.90 Å². The number of carbonyl (C=O) groups is 1. The predicted molar refractivity (Wildman–Crippen MR) is 88.8 cm³/mol. The molecule has 1 atom stereocenters. The summed E-state index contributed by atoms with van der Waals surface area (Å²) >= 11 is 1.63. The van der Waals surface area contributed by atoms with Gasteiger partial charge in [0.05, 0.1) is 4.88 Å². The molecule has 0 spiro atoms. The van der Waals surface area contributed by atoms with Crippen molar-refractivity contribution in [3.8, 4) is 10.4 Å². The van der Waals surface area contributed by atoms with Crippen molar-refractivity contribution in [3.63, 3.8) is 0 Å². The molecule has 0 radical (unpaired) electrons. The molecule has 110 valence electrons. The molecule has 0 saturated carbocycles. The van der Waals surface area contributed by atoms with E-state index in [1.54, 1.807) is 11.3 Å². The highest BCUT2D eigenvalue weighted by Crippen LogP contribution is 2.33. The molecule has 2 aromatic rings. The Morgan fingerprint density at radius 1 is 1.24 bits per heavy atom. The van der Waals surface area contributed by atoms with Crippen LogP contribution in [-0.4, -0.2) is 23.4 Å². The maximum Gasteiger partial charge on any atom is 0.264 e. The van der Waals surface area contributed by atoms with Gasteiger partial charge in [0, 0.05) is 17.5 Å². The van der Waals surface area contributed by atoms with Crippen molar-refractivity contribution in [2.75, 3.05) is 6.54 Å². The highest BCUT2D eigenvalue weighted by molar-refractivity contribution is 7.17. The lowest BCUT2D eigenvalue weighted by molar-refractivity contribution is 0.0640. The number of amides is 1. The van der Waals surface area contributed by atoms with E-state index >= 15 is 0 Å². The van der Waals surface area contributed by atoms with Gasteiger partial charge in [0.25, 0.3) is 5.91 Å². The van der Waals surface area contributed by atoms with Crippen LogP contribution in [-0.2, 0) is 0 Å². The van der Waals surface area contributed by atoms with Crippen LogP contribution in [0.2, 0.25) is 0 Å². The second-order valence-electron chi connectivity index (χ2n) is 5.83. The molecule has 1 fully saturated rings. The molecule has 0 aliphatic carbocycles. The standard InChI is InChI=1S/C18H21NOS/c1-13-12-16(18(20)19-11-7-6-8-14(19)2)21-17(13)15-9-4-3-5-10-15/h3-5,9-10,12,14H,6-8,11H2,1-2H3/t14-/m0/s1. The fourth-order valence-corrected chi connectivity index (χ4v) is 4.14. The minimum Gasteiger partial charge on any atom is -0.335 e. The minimum absolute atomic E-state index is 0.206. The predicted octanol–water partition coefficient (Wildman–Crippen LogP) is 4.74. The molecule has 1 aliphatic heterocycles. The van der Waals surface area contributed by atoms with E-state index in [1.165, 1.54) is 22.4 Å². The van der Waals surface area contributed by atoms with Crippen molar-refractivity contribution in [1.29, 1.82) is 0 Å². The summed E-state index contributed by atoms with van der Waals surface area (Å²) in [5, 5.41) is 0. The number of nitrogens with zero attached hydrogens (tertiary/aromatic N) is 1. The first-order chi connectivity index (χ1) is 10.2. The molecule has 1 aromatic heterocycles. The van der Waals surface area contributed by atoms with Gasteiger partial charge in [-0.2, -0.15) is 0 Å². The van der Waals surface area contributed by atoms with Gasteiger partial charge in [-0.3, -0.25) is 4.79 Å². The summed E-state index contributed by atoms with van der Waals surface area (Å²) in [5.41, 5.74) is 2.39. The molecule has 1 saturated heterocycles. The Hall–Kier alpha value is -1.61. The van der Waals surface area contributed by atoms with Crippen LogP contribution >= 0.6 is 11.3 Å². The van der Waals surface area contributed by atoms with E-state index in [0.29, 0.717) is 6.04 Å². The first-order valence-electron chi connectivity index (χ1n) is 7.63. The second-order valence-corrected chi connectivity index (χ2v) is 6.88. The van der Waals surface area contributed by atoms with Gasteiger partial charge in [0.1, 0.15) is 0 Å². The van der Waals surface area contributed by atoms with Crippen LogP contribution in [0.15, 0.2) is 36.4 Å². The Bertz CT molecular complexity index is 632. The number of benzene rings is 1. The second kappa shape index (κ2) is 6.02. The van der Waals surface area contributed by atoms with Gasteiger partial charge >= 0.3 is 0 Å². The molecule has 1 aliphatic rings. The monoisotopic (exact) mass is 299 g/mol. The van der Waals surface area contributed by atoms with Gasteiger partial charge in [-0.15, -0.1) is 11.3 Å². The first-order valence-corrected chi connectivity index (χ1v) is 8.45. The van der Waals surface area contributed by atoms with Crippen molar-refractivity contribution in [2.45, 2.75) is 39.2 Å². The van der Waals surface area contributed by atoms with Crippen molar-refractivity contribution in [2.24, 2.45) is 0 Å². The molecule has 3 heteroatoms. The van der Waals surface area contributed by atoms with E-state index in [0.717, 1.165) is 24.3 Å². The average molecular weight is 299 g/mol. The van der Waals surface area contributed by atoms with Crippen LogP contribution in [0.25, 0.3) is 10.4 Å². The Morgan fingerprint density at radius 3 is 2.71 bits per heavy atom. The van der Waals surface area contributed by atoms with Crippen LogP contribution in [0.3, 0.4) is 0 Å². The van der Waals surface area contributed by atoms with Gasteiger partial charge in [-0.1, -0.05) is 30.3 Å². The molecule has 3 rings (SSSR count). The summed E-state index contributed by atoms with van der Waals surface area (Å²) in [6, 6.07) is 12.7. The highest BCUT2D eigenvalue weighted by atomic mass is 32.1. The molecule has 2 nitrogen and oxygen atoms in total. The van der Waals surface area contributed by atoms with E-state index in [1.807, 2.05) is 23.1 Å². The number of hydrogen-bond donors (Lipinski definition) is 0. The van der Waals surface area contributed by atoms with E-state index in [4.69, 9.17) is 0 Å². The normalized spacial score (nSPS) is 18.8. The van der Waals surface area contributed by atoms with E-state index in [2.05, 4.69) is 32.0 Å². The van der Waals surface area contributed by atoms with Crippen LogP contribution in [0.4, 0.5) is 0 Å². The zero-order chi connectivity index (χ0) is 14.8. The Kier molecular flexibility index (Phi) is 4.11. The third-order valence-corrected chi connectivity index (χ3v) is 5.50. The SMILES string of the molecule is Cc1cc(C(=O)N2CCCC[C@@H]2C)sc1-c1ccccc1. The van der Waals surface area contributed by atoms with Crippen LogP contribution in [0.5, 0.6) is 0 Å². The highest BCUT2D eigenvalue weighted by Gasteiger charge is 2.25. The van der Waals surface area contributed by atoms with Gasteiger partial charge in [0.2, 0.25) is 0 Å². The Morgan fingerprint density at radius 2 is 2.00 bits per heavy atom. The lowest BCUT2D eigenvalue weighted by atomic mass is 10.0. The number of carbonyl (C=O) groups excluding carboxylic acids is 1. The Balaban J connectivity index is 1.88. The van der Waals surface area contributed by atoms with E-state index in [-0.39, 0.29) is 5.91 Å². The number of likely N-dealkylation sites (tertiary alicyclic amines) is 1. The average Bonchev–Trinajstić information content (AvgIpc) is 2.90. The fourth-order valence-electron chi connectivity index (χ4n) is 3.00. The smallest absolute Gasteiger partial charge is 0.264 e. The number of piperidine rings is 1. The molecule has 0 N–H and O–H groups in total.